The molecule has 0 bridgehead atoms. The summed E-state index contributed by atoms with van der Waals surface area (Å²) >= 11 is 0. The number of nitrogens with one attached hydrogen (secondary N) is 1. The summed E-state index contributed by atoms with van der Waals surface area (Å²) in [5, 5.41) is 3.23. The van der Waals surface area contributed by atoms with Gasteiger partial charge in [0.25, 0.3) is 11.8 Å². The summed E-state index contributed by atoms with van der Waals surface area (Å²) in [5.41, 5.74) is 3.46. The van der Waals surface area contributed by atoms with Crippen molar-refractivity contribution in [2.45, 2.75) is 19.3 Å². The zero-order valence-electron chi connectivity index (χ0n) is 17.3. The molecule has 0 unspecified atom stereocenters. The van der Waals surface area contributed by atoms with Crippen LogP contribution in [0.5, 0.6) is 0 Å². The molecule has 0 aromatic heterocycles. The van der Waals surface area contributed by atoms with Gasteiger partial charge in [0.05, 0.1) is 5.57 Å². The lowest BCUT2D eigenvalue weighted by Gasteiger charge is -2.18. The van der Waals surface area contributed by atoms with Crippen LogP contribution in [0.2, 0.25) is 0 Å². The largest absolute Gasteiger partial charge is 0.385 e. The van der Waals surface area contributed by atoms with E-state index in [4.69, 9.17) is 4.74 Å². The first-order valence-electron chi connectivity index (χ1n) is 10.5. The Balaban J connectivity index is 1.60. The number of carbonyl (C=O) groups is 2. The number of amides is 2. The van der Waals surface area contributed by atoms with Crippen molar-refractivity contribution in [2.75, 3.05) is 43.6 Å². The van der Waals surface area contributed by atoms with Gasteiger partial charge in [-0.05, 0) is 49.1 Å². The van der Waals surface area contributed by atoms with Gasteiger partial charge in [-0.1, -0.05) is 30.3 Å². The number of ether oxygens (including phenoxy) is 1. The predicted molar refractivity (Wildman–Crippen MR) is 118 cm³/mol. The normalized spacial score (nSPS) is 16.7. The molecule has 0 aliphatic carbocycles. The Morgan fingerprint density at radius 3 is 2.30 bits per heavy atom. The van der Waals surface area contributed by atoms with Crippen LogP contribution in [0.3, 0.4) is 0 Å². The summed E-state index contributed by atoms with van der Waals surface area (Å²) in [6.45, 7) is 3.00. The SMILES string of the molecule is COCCCN1C(=O)C(Nc2ccc(N3CCCC3)cc2)=C(c2ccccc2)C1=O. The number of hydrogen-bond donors (Lipinski definition) is 1. The Kier molecular flexibility index (Phi) is 6.14. The molecule has 30 heavy (non-hydrogen) atoms. The number of benzene rings is 2. The van der Waals surface area contributed by atoms with Crippen LogP contribution in [-0.4, -0.2) is 50.1 Å². The number of hydrogen-bond acceptors (Lipinski definition) is 5. The maximum Gasteiger partial charge on any atom is 0.278 e. The second-order valence-corrected chi connectivity index (χ2v) is 7.59. The fraction of sp³-hybridized carbons (Fsp3) is 0.333. The minimum Gasteiger partial charge on any atom is -0.385 e. The third-order valence-corrected chi connectivity index (χ3v) is 5.57. The number of carbonyl (C=O) groups excluding carboxylic acids is 2. The second kappa shape index (κ2) is 9.13. The smallest absolute Gasteiger partial charge is 0.278 e. The first-order valence-corrected chi connectivity index (χ1v) is 10.5. The average molecular weight is 405 g/mol. The standard InChI is InChI=1S/C24H27N3O3/c1-30-17-7-16-27-23(28)21(18-8-3-2-4-9-18)22(24(27)29)25-19-10-12-20(13-11-19)26-14-5-6-15-26/h2-4,8-13,25H,5-7,14-17H2,1H3. The molecule has 6 heteroatoms. The van der Waals surface area contributed by atoms with Gasteiger partial charge in [0.2, 0.25) is 0 Å². The van der Waals surface area contributed by atoms with Gasteiger partial charge < -0.3 is 15.0 Å². The molecule has 156 valence electrons. The van der Waals surface area contributed by atoms with E-state index in [1.807, 2.05) is 42.5 Å². The Bertz CT molecular complexity index is 932. The van der Waals surface area contributed by atoms with E-state index in [2.05, 4.69) is 22.3 Å². The number of nitrogens with zero attached hydrogens (tertiary/aromatic N) is 2. The van der Waals surface area contributed by atoms with Crippen molar-refractivity contribution in [2.24, 2.45) is 0 Å². The highest BCUT2D eigenvalue weighted by Gasteiger charge is 2.38. The topological polar surface area (TPSA) is 61.9 Å². The number of anilines is 2. The van der Waals surface area contributed by atoms with E-state index in [9.17, 15) is 9.59 Å². The molecule has 2 heterocycles. The van der Waals surface area contributed by atoms with E-state index >= 15 is 0 Å². The molecule has 2 aromatic rings. The Labute approximate surface area is 177 Å². The fourth-order valence-electron chi connectivity index (χ4n) is 4.01. The van der Waals surface area contributed by atoms with Crippen LogP contribution in [0, 0.1) is 0 Å². The monoisotopic (exact) mass is 405 g/mol. The number of imide groups is 1. The van der Waals surface area contributed by atoms with E-state index in [-0.39, 0.29) is 11.8 Å². The third-order valence-electron chi connectivity index (χ3n) is 5.57. The first kappa shape index (κ1) is 20.2. The Morgan fingerprint density at radius 2 is 1.63 bits per heavy atom. The van der Waals surface area contributed by atoms with Gasteiger partial charge >= 0.3 is 0 Å². The van der Waals surface area contributed by atoms with E-state index in [1.165, 1.54) is 23.4 Å². The van der Waals surface area contributed by atoms with Crippen molar-refractivity contribution < 1.29 is 14.3 Å². The van der Waals surface area contributed by atoms with Crippen LogP contribution < -0.4 is 10.2 Å². The molecule has 0 radical (unpaired) electrons. The summed E-state index contributed by atoms with van der Waals surface area (Å²) in [6, 6.07) is 17.4. The van der Waals surface area contributed by atoms with E-state index in [0.717, 1.165) is 24.3 Å². The Morgan fingerprint density at radius 1 is 0.933 bits per heavy atom. The van der Waals surface area contributed by atoms with Crippen molar-refractivity contribution in [1.82, 2.24) is 4.90 Å². The van der Waals surface area contributed by atoms with Crippen molar-refractivity contribution in [3.63, 3.8) is 0 Å². The predicted octanol–water partition coefficient (Wildman–Crippen LogP) is 3.52. The highest BCUT2D eigenvalue weighted by molar-refractivity contribution is 6.36. The van der Waals surface area contributed by atoms with Crippen LogP contribution in [0.4, 0.5) is 11.4 Å². The van der Waals surface area contributed by atoms with E-state index < -0.39 is 0 Å². The second-order valence-electron chi connectivity index (χ2n) is 7.59. The average Bonchev–Trinajstić information content (AvgIpc) is 3.38. The molecule has 1 N–H and O–H groups in total. The van der Waals surface area contributed by atoms with Crippen LogP contribution in [0.15, 0.2) is 60.3 Å². The minimum atomic E-state index is -0.293. The molecule has 1 fully saturated rings. The molecular weight excluding hydrogens is 378 g/mol. The summed E-state index contributed by atoms with van der Waals surface area (Å²) in [7, 11) is 1.61. The molecule has 6 nitrogen and oxygen atoms in total. The zero-order valence-corrected chi connectivity index (χ0v) is 17.3. The Hall–Kier alpha value is -3.12. The van der Waals surface area contributed by atoms with Gasteiger partial charge in [-0.3, -0.25) is 14.5 Å². The third kappa shape index (κ3) is 4.09. The quantitative estimate of drug-likeness (QED) is 0.538. The van der Waals surface area contributed by atoms with Gasteiger partial charge in [0.1, 0.15) is 5.70 Å². The van der Waals surface area contributed by atoms with Gasteiger partial charge in [-0.15, -0.1) is 0 Å². The molecule has 2 aromatic carbocycles. The van der Waals surface area contributed by atoms with Crippen LogP contribution in [0.25, 0.3) is 5.57 Å². The number of rotatable bonds is 8. The van der Waals surface area contributed by atoms with Crippen molar-refractivity contribution in [3.8, 4) is 0 Å². The van der Waals surface area contributed by atoms with Gasteiger partial charge in [0.15, 0.2) is 0 Å². The molecule has 0 saturated carbocycles. The molecule has 0 atom stereocenters. The molecule has 2 amide bonds. The number of methoxy groups -OCH3 is 1. The van der Waals surface area contributed by atoms with Crippen LogP contribution in [0.1, 0.15) is 24.8 Å². The van der Waals surface area contributed by atoms with Crippen LogP contribution in [-0.2, 0) is 14.3 Å². The maximum atomic E-state index is 13.1. The lowest BCUT2D eigenvalue weighted by atomic mass is 10.0. The van der Waals surface area contributed by atoms with Crippen molar-refractivity contribution in [3.05, 3.63) is 65.9 Å². The highest BCUT2D eigenvalue weighted by atomic mass is 16.5. The lowest BCUT2D eigenvalue weighted by Crippen LogP contribution is -2.33. The van der Waals surface area contributed by atoms with Crippen molar-refractivity contribution >= 4 is 28.8 Å². The maximum absolute atomic E-state index is 13.1. The lowest BCUT2D eigenvalue weighted by molar-refractivity contribution is -0.136. The molecule has 2 aliphatic heterocycles. The van der Waals surface area contributed by atoms with Gasteiger partial charge in [-0.25, -0.2) is 0 Å². The summed E-state index contributed by atoms with van der Waals surface area (Å²) in [5.74, 6) is -0.558. The molecule has 0 spiro atoms. The summed E-state index contributed by atoms with van der Waals surface area (Å²) in [4.78, 5) is 29.9. The van der Waals surface area contributed by atoms with E-state index in [1.54, 1.807) is 7.11 Å². The molecule has 2 aliphatic rings. The first-order chi connectivity index (χ1) is 14.7. The zero-order chi connectivity index (χ0) is 20.9. The molecule has 4 rings (SSSR count). The van der Waals surface area contributed by atoms with Gasteiger partial charge in [0, 0.05) is 44.7 Å². The van der Waals surface area contributed by atoms with Crippen molar-refractivity contribution in [1.29, 1.82) is 0 Å². The summed E-state index contributed by atoms with van der Waals surface area (Å²) in [6.07, 6.45) is 3.06. The minimum absolute atomic E-state index is 0.265. The van der Waals surface area contributed by atoms with E-state index in [0.29, 0.717) is 30.8 Å². The summed E-state index contributed by atoms with van der Waals surface area (Å²) < 4.78 is 5.08. The van der Waals surface area contributed by atoms with Crippen LogP contribution >= 0.6 is 0 Å². The molecule has 1 saturated heterocycles. The highest BCUT2D eigenvalue weighted by Crippen LogP contribution is 2.31. The fourth-order valence-corrected chi connectivity index (χ4v) is 4.01. The van der Waals surface area contributed by atoms with Gasteiger partial charge in [-0.2, -0.15) is 0 Å². The molecular formula is C24H27N3O3.